The second-order valence-corrected chi connectivity index (χ2v) is 5.54. The van der Waals surface area contributed by atoms with Gasteiger partial charge in [0.25, 0.3) is 0 Å². The Labute approximate surface area is 112 Å². The largest absolute Gasteiger partial charge is 0.369 e. The van der Waals surface area contributed by atoms with E-state index >= 15 is 0 Å². The summed E-state index contributed by atoms with van der Waals surface area (Å²) in [4.78, 5) is 27.9. The van der Waals surface area contributed by atoms with Gasteiger partial charge in [0.1, 0.15) is 11.2 Å². The number of imidazole rings is 1. The van der Waals surface area contributed by atoms with Crippen molar-refractivity contribution in [3.8, 4) is 0 Å². The van der Waals surface area contributed by atoms with E-state index in [1.165, 1.54) is 0 Å². The van der Waals surface area contributed by atoms with E-state index in [0.717, 1.165) is 5.82 Å². The summed E-state index contributed by atoms with van der Waals surface area (Å²) in [6, 6.07) is -0.218. The zero-order chi connectivity index (χ0) is 14.2. The summed E-state index contributed by atoms with van der Waals surface area (Å²) in [5.74, 6) is 0.145. The lowest BCUT2D eigenvalue weighted by molar-refractivity contribution is -0.136. The molecule has 6 nitrogen and oxygen atoms in total. The van der Waals surface area contributed by atoms with E-state index in [9.17, 15) is 9.59 Å². The molecule has 2 amide bonds. The first-order valence-corrected chi connectivity index (χ1v) is 6.46. The molecule has 1 aromatic rings. The van der Waals surface area contributed by atoms with Gasteiger partial charge in [-0.1, -0.05) is 13.8 Å². The van der Waals surface area contributed by atoms with Crippen LogP contribution in [0.15, 0.2) is 12.4 Å². The lowest BCUT2D eigenvalue weighted by Gasteiger charge is -2.24. The van der Waals surface area contributed by atoms with Gasteiger partial charge in [-0.05, 0) is 18.8 Å². The molecule has 1 aromatic heterocycles. The molecule has 3 N–H and O–H groups in total. The number of carbonyl (C=O) groups is 2. The quantitative estimate of drug-likeness (QED) is 0.759. The Hall–Kier alpha value is -1.85. The molecule has 1 heterocycles. The zero-order valence-corrected chi connectivity index (χ0v) is 11.5. The minimum absolute atomic E-state index is 0.175. The smallest absolute Gasteiger partial charge is 0.236 e. The molecular weight excluding hydrogens is 244 g/mol. The fourth-order valence-corrected chi connectivity index (χ4v) is 2.20. The number of carbonyl (C=O) groups excluding carboxylic acids is 2. The highest BCUT2D eigenvalue weighted by molar-refractivity contribution is 6.07. The van der Waals surface area contributed by atoms with Crippen LogP contribution in [0, 0.1) is 11.3 Å². The Bertz CT molecular complexity index is 502. The lowest BCUT2D eigenvalue weighted by Crippen LogP contribution is -2.43. The number of nitrogens with one attached hydrogen (secondary N) is 1. The van der Waals surface area contributed by atoms with Gasteiger partial charge in [0.05, 0.1) is 6.04 Å². The molecule has 1 atom stereocenters. The Balaban J connectivity index is 2.17. The minimum Gasteiger partial charge on any atom is -0.369 e. The molecule has 0 bridgehead atoms. The van der Waals surface area contributed by atoms with Crippen LogP contribution in [0.5, 0.6) is 0 Å². The van der Waals surface area contributed by atoms with Crippen molar-refractivity contribution in [2.75, 3.05) is 0 Å². The summed E-state index contributed by atoms with van der Waals surface area (Å²) < 4.78 is 1.87. The SMILES string of the molecule is CC(C)C(NC(=O)C1(C(N)=O)CC1)c1nccn1C. The third-order valence-corrected chi connectivity index (χ3v) is 3.75. The number of hydrogen-bond acceptors (Lipinski definition) is 3. The number of aromatic nitrogens is 2. The van der Waals surface area contributed by atoms with E-state index in [2.05, 4.69) is 10.3 Å². The third kappa shape index (κ3) is 2.34. The standard InChI is InChI=1S/C13H20N4O2/c1-8(2)9(10-15-6-7-17(10)3)16-12(19)13(4-5-13)11(14)18/h6-9H,4-5H2,1-3H3,(H2,14,18)(H,16,19). The maximum Gasteiger partial charge on any atom is 0.236 e. The molecule has 0 radical (unpaired) electrons. The first kappa shape index (κ1) is 13.6. The highest BCUT2D eigenvalue weighted by atomic mass is 16.2. The van der Waals surface area contributed by atoms with Crippen molar-refractivity contribution < 1.29 is 9.59 Å². The van der Waals surface area contributed by atoms with Gasteiger partial charge in [-0.15, -0.1) is 0 Å². The Morgan fingerprint density at radius 3 is 2.47 bits per heavy atom. The first-order chi connectivity index (χ1) is 8.88. The number of nitrogens with two attached hydrogens (primary N) is 1. The second kappa shape index (κ2) is 4.68. The van der Waals surface area contributed by atoms with E-state index in [4.69, 9.17) is 5.73 Å². The predicted octanol–water partition coefficient (Wildman–Crippen LogP) is 0.499. The van der Waals surface area contributed by atoms with E-state index in [1.54, 1.807) is 6.20 Å². The number of hydrogen-bond donors (Lipinski definition) is 2. The van der Waals surface area contributed by atoms with Gasteiger partial charge < -0.3 is 15.6 Å². The molecule has 6 heteroatoms. The van der Waals surface area contributed by atoms with Crippen LogP contribution >= 0.6 is 0 Å². The monoisotopic (exact) mass is 264 g/mol. The average molecular weight is 264 g/mol. The topological polar surface area (TPSA) is 90.0 Å². The van der Waals surface area contributed by atoms with Crippen molar-refractivity contribution in [2.24, 2.45) is 24.1 Å². The van der Waals surface area contributed by atoms with E-state index in [-0.39, 0.29) is 17.9 Å². The maximum absolute atomic E-state index is 12.2. The lowest BCUT2D eigenvalue weighted by atomic mass is 10.00. The minimum atomic E-state index is -0.988. The molecule has 0 aliphatic heterocycles. The van der Waals surface area contributed by atoms with Gasteiger partial charge in [-0.2, -0.15) is 0 Å². The van der Waals surface area contributed by atoms with Crippen LogP contribution < -0.4 is 11.1 Å². The summed E-state index contributed by atoms with van der Waals surface area (Å²) in [5, 5.41) is 2.92. The van der Waals surface area contributed by atoms with E-state index in [1.807, 2.05) is 31.7 Å². The molecule has 2 rings (SSSR count). The summed E-state index contributed by atoms with van der Waals surface area (Å²) in [7, 11) is 1.88. The van der Waals surface area contributed by atoms with E-state index < -0.39 is 11.3 Å². The van der Waals surface area contributed by atoms with Crippen molar-refractivity contribution in [2.45, 2.75) is 32.7 Å². The van der Waals surface area contributed by atoms with Crippen LogP contribution in [0.2, 0.25) is 0 Å². The average Bonchev–Trinajstić information content (AvgIpc) is 3.05. The van der Waals surface area contributed by atoms with Gasteiger partial charge in [-0.25, -0.2) is 4.98 Å². The van der Waals surface area contributed by atoms with Gasteiger partial charge in [0.2, 0.25) is 11.8 Å². The molecule has 1 unspecified atom stereocenters. The van der Waals surface area contributed by atoms with Crippen LogP contribution in [0.3, 0.4) is 0 Å². The van der Waals surface area contributed by atoms with Crippen LogP contribution in [0.1, 0.15) is 38.6 Å². The number of primary amides is 1. The molecule has 1 saturated carbocycles. The maximum atomic E-state index is 12.2. The number of aryl methyl sites for hydroxylation is 1. The van der Waals surface area contributed by atoms with Crippen molar-refractivity contribution in [1.29, 1.82) is 0 Å². The molecule has 1 aliphatic carbocycles. The number of amides is 2. The normalized spacial score (nSPS) is 18.1. The molecular formula is C13H20N4O2. The number of nitrogens with zero attached hydrogens (tertiary/aromatic N) is 2. The molecule has 0 spiro atoms. The fourth-order valence-electron chi connectivity index (χ4n) is 2.20. The molecule has 0 aromatic carbocycles. The van der Waals surface area contributed by atoms with Crippen LogP contribution in [-0.4, -0.2) is 21.4 Å². The van der Waals surface area contributed by atoms with Crippen LogP contribution in [0.25, 0.3) is 0 Å². The predicted molar refractivity (Wildman–Crippen MR) is 69.8 cm³/mol. The first-order valence-electron chi connectivity index (χ1n) is 6.46. The fraction of sp³-hybridized carbons (Fsp3) is 0.615. The van der Waals surface area contributed by atoms with Crippen molar-refractivity contribution in [3.05, 3.63) is 18.2 Å². The van der Waals surface area contributed by atoms with E-state index in [0.29, 0.717) is 12.8 Å². The van der Waals surface area contributed by atoms with Crippen LogP contribution in [-0.2, 0) is 16.6 Å². The van der Waals surface area contributed by atoms with Crippen molar-refractivity contribution in [3.63, 3.8) is 0 Å². The van der Waals surface area contributed by atoms with Gasteiger partial charge in [0, 0.05) is 19.4 Å². The number of rotatable bonds is 5. The van der Waals surface area contributed by atoms with Crippen LogP contribution in [0.4, 0.5) is 0 Å². The Morgan fingerprint density at radius 1 is 1.47 bits per heavy atom. The Kier molecular flexibility index (Phi) is 3.34. The molecule has 19 heavy (non-hydrogen) atoms. The second-order valence-electron chi connectivity index (χ2n) is 5.54. The van der Waals surface area contributed by atoms with Gasteiger partial charge in [-0.3, -0.25) is 9.59 Å². The zero-order valence-electron chi connectivity index (χ0n) is 11.5. The highest BCUT2D eigenvalue weighted by Crippen LogP contribution is 2.46. The summed E-state index contributed by atoms with van der Waals surface area (Å²) >= 11 is 0. The van der Waals surface area contributed by atoms with Crippen molar-refractivity contribution in [1.82, 2.24) is 14.9 Å². The summed E-state index contributed by atoms with van der Waals surface area (Å²) in [6.07, 6.45) is 4.61. The molecule has 0 saturated heterocycles. The highest BCUT2D eigenvalue weighted by Gasteiger charge is 2.55. The van der Waals surface area contributed by atoms with Gasteiger partial charge >= 0.3 is 0 Å². The molecule has 1 aliphatic rings. The molecule has 104 valence electrons. The summed E-state index contributed by atoms with van der Waals surface area (Å²) in [6.45, 7) is 4.01. The third-order valence-electron chi connectivity index (χ3n) is 3.75. The van der Waals surface area contributed by atoms with Crippen molar-refractivity contribution >= 4 is 11.8 Å². The Morgan fingerprint density at radius 2 is 2.11 bits per heavy atom. The van der Waals surface area contributed by atoms with Gasteiger partial charge in [0.15, 0.2) is 0 Å². The molecule has 1 fully saturated rings. The summed E-state index contributed by atoms with van der Waals surface area (Å²) in [5.41, 5.74) is 4.33.